The minimum atomic E-state index is -0.300. The number of carbonyl (C=O) groups is 2. The number of nitrogens with zero attached hydrogens (tertiary/aromatic N) is 2. The predicted octanol–water partition coefficient (Wildman–Crippen LogP) is 3.73. The molecule has 6 heteroatoms. The molecule has 2 aromatic carbocycles. The molecule has 27 heavy (non-hydrogen) atoms. The molecule has 0 aliphatic carbocycles. The van der Waals surface area contributed by atoms with Crippen molar-refractivity contribution >= 4 is 17.6 Å². The fourth-order valence-corrected chi connectivity index (χ4v) is 3.35. The minimum Gasteiger partial charge on any atom is -0.341 e. The van der Waals surface area contributed by atoms with Crippen LogP contribution in [0.1, 0.15) is 18.4 Å². The number of nitrogens with one attached hydrogen (secondary N) is 1. The third kappa shape index (κ3) is 5.06. The Balaban J connectivity index is 1.49. The van der Waals surface area contributed by atoms with Crippen LogP contribution in [0, 0.1) is 11.7 Å². The Morgan fingerprint density at radius 1 is 1.11 bits per heavy atom. The molecule has 1 fully saturated rings. The average molecular weight is 369 g/mol. The molecule has 0 radical (unpaired) electrons. The first-order chi connectivity index (χ1) is 13.0. The number of carbonyl (C=O) groups excluding carboxylic acids is 2. The zero-order chi connectivity index (χ0) is 19.2. The highest BCUT2D eigenvalue weighted by Crippen LogP contribution is 2.21. The Kier molecular flexibility index (Phi) is 6.06. The van der Waals surface area contributed by atoms with E-state index in [4.69, 9.17) is 0 Å². The summed E-state index contributed by atoms with van der Waals surface area (Å²) in [5, 5.41) is 2.87. The second kappa shape index (κ2) is 8.66. The van der Waals surface area contributed by atoms with E-state index in [9.17, 15) is 14.0 Å². The van der Waals surface area contributed by atoms with Gasteiger partial charge in [-0.2, -0.15) is 0 Å². The summed E-state index contributed by atoms with van der Waals surface area (Å²) < 4.78 is 13.3. The van der Waals surface area contributed by atoms with Crippen LogP contribution in [0.3, 0.4) is 0 Å². The van der Waals surface area contributed by atoms with Crippen LogP contribution in [0.25, 0.3) is 0 Å². The SMILES string of the molecule is CN(Cc1cccc(F)c1)C(=O)C1CCN(C(=O)Nc2ccccc2)CC1. The van der Waals surface area contributed by atoms with Gasteiger partial charge in [0.1, 0.15) is 5.82 Å². The lowest BCUT2D eigenvalue weighted by molar-refractivity contribution is -0.136. The van der Waals surface area contributed by atoms with Gasteiger partial charge >= 0.3 is 6.03 Å². The quantitative estimate of drug-likeness (QED) is 0.893. The molecule has 0 unspecified atom stereocenters. The van der Waals surface area contributed by atoms with Crippen molar-refractivity contribution in [3.63, 3.8) is 0 Å². The van der Waals surface area contributed by atoms with E-state index in [0.29, 0.717) is 32.5 Å². The maximum Gasteiger partial charge on any atom is 0.321 e. The van der Waals surface area contributed by atoms with E-state index in [2.05, 4.69) is 5.32 Å². The number of likely N-dealkylation sites (tertiary alicyclic amines) is 1. The van der Waals surface area contributed by atoms with Crippen molar-refractivity contribution in [3.05, 3.63) is 66.0 Å². The second-order valence-electron chi connectivity index (χ2n) is 6.88. The molecule has 0 spiro atoms. The van der Waals surface area contributed by atoms with Crippen LogP contribution < -0.4 is 5.32 Å². The monoisotopic (exact) mass is 369 g/mol. The molecule has 3 rings (SSSR count). The van der Waals surface area contributed by atoms with Gasteiger partial charge in [0, 0.05) is 38.3 Å². The number of amides is 3. The van der Waals surface area contributed by atoms with Crippen LogP contribution in [-0.2, 0) is 11.3 Å². The Labute approximate surface area is 158 Å². The average Bonchev–Trinajstić information content (AvgIpc) is 2.68. The Morgan fingerprint density at radius 3 is 2.48 bits per heavy atom. The highest BCUT2D eigenvalue weighted by atomic mass is 19.1. The van der Waals surface area contributed by atoms with E-state index < -0.39 is 0 Å². The summed E-state index contributed by atoms with van der Waals surface area (Å²) in [7, 11) is 1.74. The highest BCUT2D eigenvalue weighted by molar-refractivity contribution is 5.89. The molecule has 1 aliphatic heterocycles. The topological polar surface area (TPSA) is 52.7 Å². The molecule has 1 N–H and O–H groups in total. The zero-order valence-electron chi connectivity index (χ0n) is 15.4. The van der Waals surface area contributed by atoms with E-state index in [-0.39, 0.29) is 23.7 Å². The van der Waals surface area contributed by atoms with Crippen LogP contribution in [-0.4, -0.2) is 41.9 Å². The molecule has 1 saturated heterocycles. The van der Waals surface area contributed by atoms with E-state index in [1.807, 2.05) is 36.4 Å². The van der Waals surface area contributed by atoms with Crippen LogP contribution in [0.5, 0.6) is 0 Å². The molecule has 5 nitrogen and oxygen atoms in total. The molecule has 0 bridgehead atoms. The number of anilines is 1. The van der Waals surface area contributed by atoms with E-state index >= 15 is 0 Å². The lowest BCUT2D eigenvalue weighted by Gasteiger charge is -2.33. The molecule has 0 aromatic heterocycles. The van der Waals surface area contributed by atoms with Gasteiger partial charge in [-0.05, 0) is 42.7 Å². The van der Waals surface area contributed by atoms with Gasteiger partial charge < -0.3 is 15.1 Å². The number of rotatable bonds is 4. The third-order valence-corrected chi connectivity index (χ3v) is 4.84. The van der Waals surface area contributed by atoms with Crippen molar-refractivity contribution in [3.8, 4) is 0 Å². The van der Waals surface area contributed by atoms with Gasteiger partial charge in [0.15, 0.2) is 0 Å². The molecular weight excluding hydrogens is 345 g/mol. The highest BCUT2D eigenvalue weighted by Gasteiger charge is 2.29. The van der Waals surface area contributed by atoms with Crippen molar-refractivity contribution in [2.75, 3.05) is 25.5 Å². The van der Waals surface area contributed by atoms with Crippen LogP contribution in [0.15, 0.2) is 54.6 Å². The van der Waals surface area contributed by atoms with E-state index in [0.717, 1.165) is 11.3 Å². The van der Waals surface area contributed by atoms with Gasteiger partial charge in [0.2, 0.25) is 5.91 Å². The third-order valence-electron chi connectivity index (χ3n) is 4.84. The molecule has 2 aromatic rings. The Morgan fingerprint density at radius 2 is 1.81 bits per heavy atom. The Bertz CT molecular complexity index is 789. The van der Waals surface area contributed by atoms with Crippen LogP contribution >= 0.6 is 0 Å². The summed E-state index contributed by atoms with van der Waals surface area (Å²) in [6.45, 7) is 1.47. The number of urea groups is 1. The number of hydrogen-bond acceptors (Lipinski definition) is 2. The fraction of sp³-hybridized carbons (Fsp3) is 0.333. The van der Waals surface area contributed by atoms with Crippen LogP contribution in [0.2, 0.25) is 0 Å². The summed E-state index contributed by atoms with van der Waals surface area (Å²) in [6.07, 6.45) is 1.27. The lowest BCUT2D eigenvalue weighted by atomic mass is 9.95. The number of halogens is 1. The number of para-hydroxylation sites is 1. The van der Waals surface area contributed by atoms with Gasteiger partial charge in [-0.3, -0.25) is 4.79 Å². The summed E-state index contributed by atoms with van der Waals surface area (Å²) in [4.78, 5) is 28.4. The largest absolute Gasteiger partial charge is 0.341 e. The van der Waals surface area contributed by atoms with E-state index in [1.54, 1.807) is 22.9 Å². The number of benzene rings is 2. The van der Waals surface area contributed by atoms with Gasteiger partial charge in [-0.15, -0.1) is 0 Å². The van der Waals surface area contributed by atoms with Crippen molar-refractivity contribution < 1.29 is 14.0 Å². The molecule has 0 saturated carbocycles. The van der Waals surface area contributed by atoms with Crippen molar-refractivity contribution in [2.45, 2.75) is 19.4 Å². The standard InChI is InChI=1S/C21H24FN3O2/c1-24(15-16-6-5-7-18(22)14-16)20(26)17-10-12-25(13-11-17)21(27)23-19-8-3-2-4-9-19/h2-9,14,17H,10-13,15H2,1H3,(H,23,27). The summed E-state index contributed by atoms with van der Waals surface area (Å²) in [5.41, 5.74) is 1.53. The lowest BCUT2D eigenvalue weighted by Crippen LogP contribution is -2.44. The summed E-state index contributed by atoms with van der Waals surface area (Å²) >= 11 is 0. The van der Waals surface area contributed by atoms with Crippen molar-refractivity contribution in [1.29, 1.82) is 0 Å². The molecule has 1 heterocycles. The minimum absolute atomic E-state index is 0.0439. The van der Waals surface area contributed by atoms with Gasteiger partial charge in [0.25, 0.3) is 0 Å². The maximum atomic E-state index is 13.3. The van der Waals surface area contributed by atoms with Gasteiger partial charge in [0.05, 0.1) is 0 Å². The molecule has 1 aliphatic rings. The summed E-state index contributed by atoms with van der Waals surface area (Å²) in [6, 6.07) is 15.5. The predicted molar refractivity (Wildman–Crippen MR) is 103 cm³/mol. The van der Waals surface area contributed by atoms with Gasteiger partial charge in [-0.25, -0.2) is 9.18 Å². The smallest absolute Gasteiger partial charge is 0.321 e. The zero-order valence-corrected chi connectivity index (χ0v) is 15.4. The normalized spacial score (nSPS) is 14.7. The van der Waals surface area contributed by atoms with Crippen LogP contribution in [0.4, 0.5) is 14.9 Å². The molecule has 0 atom stereocenters. The molecule has 142 valence electrons. The van der Waals surface area contributed by atoms with Crippen molar-refractivity contribution in [1.82, 2.24) is 9.80 Å². The van der Waals surface area contributed by atoms with Crippen molar-refractivity contribution in [2.24, 2.45) is 5.92 Å². The number of piperidine rings is 1. The molecule has 3 amide bonds. The maximum absolute atomic E-state index is 13.3. The second-order valence-corrected chi connectivity index (χ2v) is 6.88. The molecular formula is C21H24FN3O2. The first-order valence-electron chi connectivity index (χ1n) is 9.13. The van der Waals surface area contributed by atoms with Gasteiger partial charge in [-0.1, -0.05) is 30.3 Å². The fourth-order valence-electron chi connectivity index (χ4n) is 3.35. The first-order valence-corrected chi connectivity index (χ1v) is 9.13. The Hall–Kier alpha value is -2.89. The number of hydrogen-bond donors (Lipinski definition) is 1. The van der Waals surface area contributed by atoms with E-state index in [1.165, 1.54) is 12.1 Å². The first kappa shape index (κ1) is 18.9. The summed E-state index contributed by atoms with van der Waals surface area (Å²) in [5.74, 6) is -0.363.